The minimum Gasteiger partial charge on any atom is -0.338 e. The van der Waals surface area contributed by atoms with Gasteiger partial charge in [-0.25, -0.2) is 4.79 Å². The molecule has 0 radical (unpaired) electrons. The van der Waals surface area contributed by atoms with Gasteiger partial charge < -0.3 is 10.2 Å². The lowest BCUT2D eigenvalue weighted by Gasteiger charge is -2.32. The number of urea groups is 1. The third kappa shape index (κ3) is 4.48. The van der Waals surface area contributed by atoms with Crippen LogP contribution in [0.5, 0.6) is 0 Å². The molecular formula is C20H24N2O2S. The molecule has 132 valence electrons. The molecule has 0 spiro atoms. The molecule has 1 aromatic heterocycles. The topological polar surface area (TPSA) is 49.4 Å². The zero-order valence-corrected chi connectivity index (χ0v) is 15.3. The normalized spacial score (nSPS) is 17.3. The lowest BCUT2D eigenvalue weighted by Crippen LogP contribution is -2.47. The number of piperidine rings is 1. The summed E-state index contributed by atoms with van der Waals surface area (Å²) in [6.45, 7) is 3.83. The first kappa shape index (κ1) is 17.7. The van der Waals surface area contributed by atoms with Crippen LogP contribution in [0, 0.1) is 12.8 Å². The number of ketones is 1. The number of rotatable bonds is 5. The molecule has 3 rings (SSSR count). The molecule has 0 aliphatic carbocycles. The van der Waals surface area contributed by atoms with Gasteiger partial charge in [0.05, 0.1) is 4.88 Å². The summed E-state index contributed by atoms with van der Waals surface area (Å²) in [7, 11) is 0. The highest BCUT2D eigenvalue weighted by Crippen LogP contribution is 2.25. The van der Waals surface area contributed by atoms with Crippen molar-refractivity contribution in [1.29, 1.82) is 0 Å². The molecule has 25 heavy (non-hydrogen) atoms. The number of carbonyl (C=O) groups excluding carboxylic acids is 2. The van der Waals surface area contributed by atoms with Crippen LogP contribution in [0.3, 0.4) is 0 Å². The van der Waals surface area contributed by atoms with Crippen molar-refractivity contribution in [2.45, 2.75) is 26.2 Å². The van der Waals surface area contributed by atoms with Crippen LogP contribution in [0.15, 0.2) is 41.8 Å². The quantitative estimate of drug-likeness (QED) is 0.826. The molecule has 1 aliphatic heterocycles. The molecule has 1 unspecified atom stereocenters. The Kier molecular flexibility index (Phi) is 5.87. The number of hydrogen-bond donors (Lipinski definition) is 1. The van der Waals surface area contributed by atoms with E-state index in [2.05, 4.69) is 17.4 Å². The van der Waals surface area contributed by atoms with Crippen LogP contribution in [0.4, 0.5) is 4.79 Å². The zero-order valence-electron chi connectivity index (χ0n) is 14.5. The third-order valence-corrected chi connectivity index (χ3v) is 5.73. The molecule has 2 heterocycles. The summed E-state index contributed by atoms with van der Waals surface area (Å²) < 4.78 is 0. The highest BCUT2D eigenvalue weighted by atomic mass is 32.1. The van der Waals surface area contributed by atoms with Crippen LogP contribution in [-0.2, 0) is 6.42 Å². The van der Waals surface area contributed by atoms with E-state index in [0.29, 0.717) is 13.1 Å². The van der Waals surface area contributed by atoms with Gasteiger partial charge in [-0.2, -0.15) is 0 Å². The number of benzene rings is 1. The second kappa shape index (κ2) is 8.30. The number of amides is 2. The number of likely N-dealkylation sites (tertiary alicyclic amines) is 1. The summed E-state index contributed by atoms with van der Waals surface area (Å²) in [5.41, 5.74) is 2.25. The molecule has 1 aromatic carbocycles. The van der Waals surface area contributed by atoms with Crippen LogP contribution < -0.4 is 5.32 Å². The molecule has 2 amide bonds. The Morgan fingerprint density at radius 1 is 1.24 bits per heavy atom. The molecule has 2 aromatic rings. The van der Waals surface area contributed by atoms with Crippen LogP contribution in [0.1, 0.15) is 33.6 Å². The Morgan fingerprint density at radius 3 is 2.76 bits per heavy atom. The second-order valence-corrected chi connectivity index (χ2v) is 7.47. The lowest BCUT2D eigenvalue weighted by molar-refractivity contribution is 0.0849. The van der Waals surface area contributed by atoms with Gasteiger partial charge in [-0.05, 0) is 48.8 Å². The lowest BCUT2D eigenvalue weighted by atomic mass is 9.92. The second-order valence-electron chi connectivity index (χ2n) is 6.55. The largest absolute Gasteiger partial charge is 0.338 e. The van der Waals surface area contributed by atoms with Gasteiger partial charge in [-0.3, -0.25) is 4.79 Å². The number of hydrogen-bond acceptors (Lipinski definition) is 3. The summed E-state index contributed by atoms with van der Waals surface area (Å²) in [5, 5.41) is 4.94. The molecule has 4 nitrogen and oxygen atoms in total. The van der Waals surface area contributed by atoms with E-state index in [4.69, 9.17) is 0 Å². The number of thiophene rings is 1. The molecule has 1 saturated heterocycles. The van der Waals surface area contributed by atoms with Gasteiger partial charge in [0.15, 0.2) is 5.78 Å². The van der Waals surface area contributed by atoms with Crippen molar-refractivity contribution in [3.8, 4) is 0 Å². The van der Waals surface area contributed by atoms with E-state index in [1.54, 1.807) is 4.90 Å². The average molecular weight is 356 g/mol. The van der Waals surface area contributed by atoms with E-state index in [1.807, 2.05) is 36.6 Å². The highest BCUT2D eigenvalue weighted by Gasteiger charge is 2.30. The Labute approximate surface area is 152 Å². The van der Waals surface area contributed by atoms with Gasteiger partial charge >= 0.3 is 6.03 Å². The minimum atomic E-state index is -0.0778. The summed E-state index contributed by atoms with van der Waals surface area (Å²) in [5.74, 6) is 0.111. The molecule has 1 N–H and O–H groups in total. The van der Waals surface area contributed by atoms with Crippen LogP contribution in [0.25, 0.3) is 0 Å². The van der Waals surface area contributed by atoms with Crippen molar-refractivity contribution in [2.24, 2.45) is 5.92 Å². The predicted molar refractivity (Wildman–Crippen MR) is 101 cm³/mol. The van der Waals surface area contributed by atoms with E-state index < -0.39 is 0 Å². The summed E-state index contributed by atoms with van der Waals surface area (Å²) >= 11 is 1.50. The van der Waals surface area contributed by atoms with Gasteiger partial charge in [-0.15, -0.1) is 11.3 Å². The minimum absolute atomic E-state index is 0.0590. The monoisotopic (exact) mass is 356 g/mol. The van der Waals surface area contributed by atoms with Crippen molar-refractivity contribution >= 4 is 23.2 Å². The molecule has 1 atom stereocenters. The first-order valence-electron chi connectivity index (χ1n) is 8.80. The van der Waals surface area contributed by atoms with E-state index in [1.165, 1.54) is 16.9 Å². The van der Waals surface area contributed by atoms with Crippen LogP contribution >= 0.6 is 11.3 Å². The molecule has 0 saturated carbocycles. The van der Waals surface area contributed by atoms with Crippen molar-refractivity contribution < 1.29 is 9.59 Å². The maximum atomic E-state index is 12.7. The number of Topliss-reactive ketones (excluding diaryl/α,β-unsaturated/α-hetero) is 1. The van der Waals surface area contributed by atoms with Crippen molar-refractivity contribution in [3.63, 3.8) is 0 Å². The van der Waals surface area contributed by atoms with Gasteiger partial charge in [0.2, 0.25) is 0 Å². The van der Waals surface area contributed by atoms with Gasteiger partial charge in [0.1, 0.15) is 0 Å². The van der Waals surface area contributed by atoms with Gasteiger partial charge in [-0.1, -0.05) is 30.3 Å². The summed E-state index contributed by atoms with van der Waals surface area (Å²) in [6.07, 6.45) is 2.56. The number of aryl methyl sites for hydroxylation is 1. The number of nitrogens with zero attached hydrogens (tertiary/aromatic N) is 1. The smallest absolute Gasteiger partial charge is 0.317 e. The summed E-state index contributed by atoms with van der Waals surface area (Å²) in [6, 6.07) is 12.0. The van der Waals surface area contributed by atoms with E-state index in [9.17, 15) is 9.59 Å². The fourth-order valence-corrected chi connectivity index (χ4v) is 4.20. The third-order valence-electron chi connectivity index (χ3n) is 4.70. The Hall–Kier alpha value is -2.14. The molecule has 5 heteroatoms. The molecule has 1 aliphatic rings. The maximum Gasteiger partial charge on any atom is 0.317 e. The van der Waals surface area contributed by atoms with Crippen molar-refractivity contribution in [3.05, 3.63) is 57.8 Å². The first-order chi connectivity index (χ1) is 12.1. The van der Waals surface area contributed by atoms with Crippen molar-refractivity contribution in [1.82, 2.24) is 10.2 Å². The first-order valence-corrected chi connectivity index (χ1v) is 9.68. The van der Waals surface area contributed by atoms with Crippen LogP contribution in [-0.4, -0.2) is 36.3 Å². The SMILES string of the molecule is Cc1ccsc1C(=O)C1CCCN(C(=O)NCCc2ccccc2)C1. The number of nitrogens with one attached hydrogen (secondary N) is 1. The summed E-state index contributed by atoms with van der Waals surface area (Å²) in [4.78, 5) is 27.8. The number of carbonyl (C=O) groups is 2. The predicted octanol–water partition coefficient (Wildman–Crippen LogP) is 3.90. The highest BCUT2D eigenvalue weighted by molar-refractivity contribution is 7.12. The van der Waals surface area contributed by atoms with E-state index >= 15 is 0 Å². The maximum absolute atomic E-state index is 12.7. The van der Waals surface area contributed by atoms with Gasteiger partial charge in [0.25, 0.3) is 0 Å². The van der Waals surface area contributed by atoms with E-state index in [0.717, 1.165) is 36.2 Å². The van der Waals surface area contributed by atoms with E-state index in [-0.39, 0.29) is 17.7 Å². The molecular weight excluding hydrogens is 332 g/mol. The average Bonchev–Trinajstić information content (AvgIpc) is 3.08. The van der Waals surface area contributed by atoms with Crippen LogP contribution in [0.2, 0.25) is 0 Å². The fourth-order valence-electron chi connectivity index (χ4n) is 3.26. The fraction of sp³-hybridized carbons (Fsp3) is 0.400. The Morgan fingerprint density at radius 2 is 2.04 bits per heavy atom. The Bertz CT molecular complexity index is 726. The molecule has 1 fully saturated rings. The Balaban J connectivity index is 1.51. The standard InChI is InChI=1S/C20H24N2O2S/c1-15-10-13-25-19(15)18(23)17-8-5-12-22(14-17)20(24)21-11-9-16-6-3-2-4-7-16/h2-4,6-7,10,13,17H,5,8-9,11-12,14H2,1H3,(H,21,24). The zero-order chi connectivity index (χ0) is 17.6. The van der Waals surface area contributed by atoms with Gasteiger partial charge in [0, 0.05) is 25.6 Å². The molecule has 0 bridgehead atoms. The van der Waals surface area contributed by atoms with Crippen molar-refractivity contribution in [2.75, 3.05) is 19.6 Å².